The number of likely N-dealkylation sites (N-methyl/N-ethyl adjacent to an activating group) is 1. The third-order valence-corrected chi connectivity index (χ3v) is 3.46. The second-order valence-electron chi connectivity index (χ2n) is 4.79. The molecule has 0 bridgehead atoms. The number of nitrogens with one attached hydrogen (secondary N) is 1. The van der Waals surface area contributed by atoms with Crippen molar-refractivity contribution < 1.29 is 9.59 Å². The predicted molar refractivity (Wildman–Crippen MR) is 80.0 cm³/mol. The molecule has 2 aromatic rings. The van der Waals surface area contributed by atoms with Gasteiger partial charge in [-0.2, -0.15) is 0 Å². The van der Waals surface area contributed by atoms with E-state index in [4.69, 9.17) is 6.42 Å². The van der Waals surface area contributed by atoms with Crippen molar-refractivity contribution in [2.75, 3.05) is 7.05 Å². The molecule has 104 valence electrons. The quantitative estimate of drug-likeness (QED) is 0.518. The molecular weight excluding hydrogens is 266 g/mol. The molecule has 1 aliphatic rings. The minimum absolute atomic E-state index is 0.270. The number of amides is 3. The predicted octanol–water partition coefficient (Wildman–Crippen LogP) is 1.80. The molecule has 1 fully saturated rings. The lowest BCUT2D eigenvalue weighted by Crippen LogP contribution is -2.25. The van der Waals surface area contributed by atoms with E-state index >= 15 is 0 Å². The first-order valence-corrected chi connectivity index (χ1v) is 6.44. The zero-order chi connectivity index (χ0) is 15.0. The number of terminal acetylenes is 1. The van der Waals surface area contributed by atoms with Gasteiger partial charge >= 0.3 is 6.03 Å². The lowest BCUT2D eigenvalue weighted by molar-refractivity contribution is -0.121. The van der Waals surface area contributed by atoms with E-state index in [1.807, 2.05) is 35.0 Å². The number of hydrogen-bond acceptors (Lipinski definition) is 2. The molecule has 1 aliphatic heterocycles. The molecule has 21 heavy (non-hydrogen) atoms. The molecule has 5 heteroatoms. The van der Waals surface area contributed by atoms with Gasteiger partial charge in [-0.1, -0.05) is 24.1 Å². The van der Waals surface area contributed by atoms with Crippen LogP contribution in [-0.2, 0) is 11.3 Å². The summed E-state index contributed by atoms with van der Waals surface area (Å²) in [5.41, 5.74) is 2.11. The maximum Gasteiger partial charge on any atom is 0.328 e. The van der Waals surface area contributed by atoms with Gasteiger partial charge in [0.1, 0.15) is 5.70 Å². The molecule has 5 nitrogen and oxygen atoms in total. The van der Waals surface area contributed by atoms with Gasteiger partial charge in [0.15, 0.2) is 0 Å². The summed E-state index contributed by atoms with van der Waals surface area (Å²) in [4.78, 5) is 24.4. The molecule has 0 aliphatic carbocycles. The molecule has 0 unspecified atom stereocenters. The van der Waals surface area contributed by atoms with Crippen LogP contribution in [0.3, 0.4) is 0 Å². The highest BCUT2D eigenvalue weighted by atomic mass is 16.2. The summed E-state index contributed by atoms with van der Waals surface area (Å²) in [7, 11) is 1.44. The first-order chi connectivity index (χ1) is 10.1. The average Bonchev–Trinajstić information content (AvgIpc) is 2.94. The molecule has 2 heterocycles. The smallest absolute Gasteiger partial charge is 0.328 e. The minimum Gasteiger partial charge on any atom is -0.335 e. The standard InChI is InChI=1S/C16H13N3O2/c1-3-8-19-10-11(12-6-4-5-7-14(12)19)9-13-15(20)18(2)16(21)17-13/h1,4-7,9-10H,8H2,2H3,(H,17,21)/b13-9+. The maximum absolute atomic E-state index is 11.9. The number of nitrogens with zero attached hydrogens (tertiary/aromatic N) is 2. The van der Waals surface area contributed by atoms with Crippen LogP contribution in [0.2, 0.25) is 0 Å². The van der Waals surface area contributed by atoms with E-state index in [0.717, 1.165) is 21.4 Å². The Kier molecular flexibility index (Phi) is 2.99. The Morgan fingerprint density at radius 2 is 2.10 bits per heavy atom. The van der Waals surface area contributed by atoms with Crippen molar-refractivity contribution in [3.05, 3.63) is 41.7 Å². The Morgan fingerprint density at radius 3 is 2.76 bits per heavy atom. The van der Waals surface area contributed by atoms with Crippen molar-refractivity contribution in [2.24, 2.45) is 0 Å². The summed E-state index contributed by atoms with van der Waals surface area (Å²) in [6, 6.07) is 7.36. The molecule has 1 aromatic carbocycles. The van der Waals surface area contributed by atoms with Crippen molar-refractivity contribution in [1.82, 2.24) is 14.8 Å². The molecule has 3 rings (SSSR count). The lowest BCUT2D eigenvalue weighted by Gasteiger charge is -1.99. The molecule has 3 amide bonds. The summed E-state index contributed by atoms with van der Waals surface area (Å²) < 4.78 is 1.94. The fraction of sp³-hybridized carbons (Fsp3) is 0.125. The fourth-order valence-electron chi connectivity index (χ4n) is 2.40. The second kappa shape index (κ2) is 4.84. The Bertz CT molecular complexity index is 824. The summed E-state index contributed by atoms with van der Waals surface area (Å²) in [5.74, 6) is 2.26. The van der Waals surface area contributed by atoms with Crippen LogP contribution >= 0.6 is 0 Å². The number of imide groups is 1. The number of aromatic nitrogens is 1. The molecule has 1 aromatic heterocycles. The van der Waals surface area contributed by atoms with Gasteiger partial charge in [-0.3, -0.25) is 9.69 Å². The van der Waals surface area contributed by atoms with Gasteiger partial charge < -0.3 is 9.88 Å². The highest BCUT2D eigenvalue weighted by molar-refractivity contribution is 6.14. The van der Waals surface area contributed by atoms with Crippen LogP contribution in [0, 0.1) is 12.3 Å². The Morgan fingerprint density at radius 1 is 1.33 bits per heavy atom. The van der Waals surface area contributed by atoms with Crippen molar-refractivity contribution in [2.45, 2.75) is 6.54 Å². The Balaban J connectivity index is 2.12. The number of benzene rings is 1. The Hall–Kier alpha value is -3.00. The highest BCUT2D eigenvalue weighted by Gasteiger charge is 2.30. The maximum atomic E-state index is 11.9. The van der Waals surface area contributed by atoms with Gasteiger partial charge in [-0.15, -0.1) is 6.42 Å². The van der Waals surface area contributed by atoms with Crippen LogP contribution in [0.5, 0.6) is 0 Å². The van der Waals surface area contributed by atoms with Crippen molar-refractivity contribution in [1.29, 1.82) is 0 Å². The molecule has 0 radical (unpaired) electrons. The summed E-state index contributed by atoms with van der Waals surface area (Å²) in [6.07, 6.45) is 8.94. The summed E-state index contributed by atoms with van der Waals surface area (Å²) in [6.45, 7) is 0.448. The molecule has 1 saturated heterocycles. The van der Waals surface area contributed by atoms with Gasteiger partial charge in [-0.25, -0.2) is 4.79 Å². The molecular formula is C16H13N3O2. The van der Waals surface area contributed by atoms with Crippen molar-refractivity contribution >= 4 is 28.9 Å². The van der Waals surface area contributed by atoms with Crippen LogP contribution < -0.4 is 5.32 Å². The van der Waals surface area contributed by atoms with Crippen LogP contribution in [0.1, 0.15) is 5.56 Å². The lowest BCUT2D eigenvalue weighted by atomic mass is 10.1. The highest BCUT2D eigenvalue weighted by Crippen LogP contribution is 2.24. The van der Waals surface area contributed by atoms with E-state index in [0.29, 0.717) is 6.54 Å². The zero-order valence-corrected chi connectivity index (χ0v) is 11.5. The van der Waals surface area contributed by atoms with E-state index in [9.17, 15) is 9.59 Å². The van der Waals surface area contributed by atoms with Gasteiger partial charge in [0.25, 0.3) is 5.91 Å². The number of carbonyl (C=O) groups is 2. The normalized spacial score (nSPS) is 16.6. The summed E-state index contributed by atoms with van der Waals surface area (Å²) >= 11 is 0. The van der Waals surface area contributed by atoms with E-state index in [2.05, 4.69) is 11.2 Å². The Labute approximate surface area is 121 Å². The fourth-order valence-corrected chi connectivity index (χ4v) is 2.40. The molecule has 0 spiro atoms. The van der Waals surface area contributed by atoms with Gasteiger partial charge in [0, 0.05) is 29.7 Å². The monoisotopic (exact) mass is 279 g/mol. The molecule has 0 saturated carbocycles. The summed E-state index contributed by atoms with van der Waals surface area (Å²) in [5, 5.41) is 3.54. The first-order valence-electron chi connectivity index (χ1n) is 6.44. The number of urea groups is 1. The topological polar surface area (TPSA) is 54.3 Å². The number of fused-ring (bicyclic) bond motifs is 1. The minimum atomic E-state index is -0.418. The molecule has 0 atom stereocenters. The zero-order valence-electron chi connectivity index (χ0n) is 11.5. The number of carbonyl (C=O) groups excluding carboxylic acids is 2. The third-order valence-electron chi connectivity index (χ3n) is 3.46. The van der Waals surface area contributed by atoms with Crippen LogP contribution in [0.4, 0.5) is 4.79 Å². The average molecular weight is 279 g/mol. The van der Waals surface area contributed by atoms with Gasteiger partial charge in [-0.05, 0) is 12.1 Å². The second-order valence-corrected chi connectivity index (χ2v) is 4.79. The number of hydrogen-bond donors (Lipinski definition) is 1. The van der Waals surface area contributed by atoms with Gasteiger partial charge in [0.05, 0.1) is 6.54 Å². The van der Waals surface area contributed by atoms with E-state index in [1.165, 1.54) is 7.05 Å². The first kappa shape index (κ1) is 13.0. The van der Waals surface area contributed by atoms with Crippen LogP contribution in [0.15, 0.2) is 36.2 Å². The molecule has 1 N–H and O–H groups in total. The van der Waals surface area contributed by atoms with E-state index < -0.39 is 6.03 Å². The van der Waals surface area contributed by atoms with Crippen molar-refractivity contribution in [3.8, 4) is 12.3 Å². The van der Waals surface area contributed by atoms with E-state index in [1.54, 1.807) is 6.08 Å². The van der Waals surface area contributed by atoms with E-state index in [-0.39, 0.29) is 11.6 Å². The van der Waals surface area contributed by atoms with Crippen LogP contribution in [-0.4, -0.2) is 28.5 Å². The SMILES string of the molecule is C#CCn1cc(/C=C2/NC(=O)N(C)C2=O)c2ccccc21. The third kappa shape index (κ3) is 2.07. The van der Waals surface area contributed by atoms with Crippen molar-refractivity contribution in [3.63, 3.8) is 0 Å². The van der Waals surface area contributed by atoms with Crippen LogP contribution in [0.25, 0.3) is 17.0 Å². The largest absolute Gasteiger partial charge is 0.335 e. The number of rotatable bonds is 2. The number of para-hydroxylation sites is 1. The van der Waals surface area contributed by atoms with Gasteiger partial charge in [0.2, 0.25) is 0 Å².